The number of carbonyl (C=O) groups excluding carboxylic acids is 1. The predicted octanol–water partition coefficient (Wildman–Crippen LogP) is 6.05. The lowest BCUT2D eigenvalue weighted by Crippen LogP contribution is -2.40. The summed E-state index contributed by atoms with van der Waals surface area (Å²) in [6.07, 6.45) is -4.82. The van der Waals surface area contributed by atoms with Gasteiger partial charge in [-0.05, 0) is 23.3 Å². The minimum Gasteiger partial charge on any atom is -0.493 e. The second kappa shape index (κ2) is 10.9. The zero-order valence-corrected chi connectivity index (χ0v) is 21.7. The Bertz CT molecular complexity index is 1540. The lowest BCUT2D eigenvalue weighted by Gasteiger charge is -2.28. The summed E-state index contributed by atoms with van der Waals surface area (Å²) < 4.78 is 47.4. The highest BCUT2D eigenvalue weighted by molar-refractivity contribution is 7.99. The van der Waals surface area contributed by atoms with E-state index in [-0.39, 0.29) is 40.7 Å². The molecule has 7 nitrogen and oxygen atoms in total. The summed E-state index contributed by atoms with van der Waals surface area (Å²) in [5, 5.41) is 19.1. The fourth-order valence-corrected chi connectivity index (χ4v) is 5.97. The molecule has 3 aromatic carbocycles. The molecule has 39 heavy (non-hydrogen) atoms. The van der Waals surface area contributed by atoms with Crippen molar-refractivity contribution in [3.8, 4) is 11.9 Å². The number of benzene rings is 3. The standard InChI is InChI=1S/C27H21ClF3N3O4S/c28-21-20(27(29,30)31)10-19-22(32-26(37)33-24(19)35)23(21)39-14-17(13-38-12-15-6-2-1-3-7-15)34-11-16-8-4-5-9-18(16)25(34)36/h1-10,17H,11-14H2,(H2,32,33,35,37). The van der Waals surface area contributed by atoms with Gasteiger partial charge >= 0.3 is 12.2 Å². The number of hydrogen-bond donors (Lipinski definition) is 2. The van der Waals surface area contributed by atoms with E-state index < -0.39 is 34.7 Å². The molecule has 0 fully saturated rings. The molecule has 0 saturated carbocycles. The van der Waals surface area contributed by atoms with Crippen molar-refractivity contribution in [2.45, 2.75) is 30.3 Å². The monoisotopic (exact) mass is 575 g/mol. The molecule has 1 aromatic heterocycles. The third-order valence-electron chi connectivity index (χ3n) is 6.29. The highest BCUT2D eigenvalue weighted by atomic mass is 35.5. The van der Waals surface area contributed by atoms with Crippen molar-refractivity contribution in [3.05, 3.63) is 87.9 Å². The Balaban J connectivity index is 1.47. The minimum absolute atomic E-state index is 0.0934. The van der Waals surface area contributed by atoms with Crippen molar-refractivity contribution in [1.82, 2.24) is 14.9 Å². The Hall–Kier alpha value is -3.54. The summed E-state index contributed by atoms with van der Waals surface area (Å²) >= 11 is 7.16. The number of carbonyl (C=O) groups is 1. The van der Waals surface area contributed by atoms with Gasteiger partial charge in [-0.25, -0.2) is 0 Å². The fraction of sp³-hybridized carbons (Fsp3) is 0.222. The number of amides is 1. The molecule has 1 amide bonds. The Labute approximate surface area is 230 Å². The van der Waals surface area contributed by atoms with Gasteiger partial charge in [0.2, 0.25) is 5.88 Å². The third kappa shape index (κ3) is 5.61. The first-order valence-corrected chi connectivity index (χ1v) is 13.1. The lowest BCUT2D eigenvalue weighted by atomic mass is 10.1. The molecule has 12 heteroatoms. The second-order valence-corrected chi connectivity index (χ2v) is 10.3. The molecule has 2 N–H and O–H groups in total. The van der Waals surface area contributed by atoms with Gasteiger partial charge in [0, 0.05) is 17.9 Å². The maximum atomic E-state index is 13.8. The maximum Gasteiger partial charge on any atom is 0.417 e. The smallest absolute Gasteiger partial charge is 0.417 e. The number of alkyl halides is 3. The Morgan fingerprint density at radius 2 is 1.79 bits per heavy atom. The van der Waals surface area contributed by atoms with Crippen LogP contribution >= 0.6 is 23.4 Å². The molecule has 1 unspecified atom stereocenters. The van der Waals surface area contributed by atoms with E-state index in [1.807, 2.05) is 42.5 Å². The SMILES string of the molecule is O=C1c2ccccc2CN1C(COCc1ccccc1)CSc1c(Cl)c(C(F)(F)F)cc2c(O)nc(O)nc12. The molecule has 0 spiro atoms. The highest BCUT2D eigenvalue weighted by Crippen LogP contribution is 2.45. The number of aromatic nitrogens is 2. The van der Waals surface area contributed by atoms with Gasteiger partial charge < -0.3 is 19.8 Å². The van der Waals surface area contributed by atoms with Crippen LogP contribution in [0.5, 0.6) is 11.9 Å². The average Bonchev–Trinajstić information content (AvgIpc) is 3.23. The van der Waals surface area contributed by atoms with Gasteiger partial charge in [-0.15, -0.1) is 11.8 Å². The summed E-state index contributed by atoms with van der Waals surface area (Å²) in [6, 6.07) is 15.9. The topological polar surface area (TPSA) is 95.8 Å². The van der Waals surface area contributed by atoms with Crippen LogP contribution < -0.4 is 0 Å². The number of fused-ring (bicyclic) bond motifs is 2. The fourth-order valence-electron chi connectivity index (χ4n) is 4.39. The van der Waals surface area contributed by atoms with Crippen LogP contribution in [0.25, 0.3) is 10.9 Å². The molecule has 2 heterocycles. The van der Waals surface area contributed by atoms with Gasteiger partial charge in [0.25, 0.3) is 5.91 Å². The molecule has 0 aliphatic carbocycles. The van der Waals surface area contributed by atoms with Crippen molar-refractivity contribution in [3.63, 3.8) is 0 Å². The number of nitrogens with zero attached hydrogens (tertiary/aromatic N) is 3. The Kier molecular flexibility index (Phi) is 7.57. The molecule has 0 saturated heterocycles. The Morgan fingerprint density at radius 3 is 2.51 bits per heavy atom. The van der Waals surface area contributed by atoms with E-state index in [9.17, 15) is 28.2 Å². The first-order chi connectivity index (χ1) is 18.6. The van der Waals surface area contributed by atoms with Gasteiger partial charge in [-0.2, -0.15) is 23.1 Å². The van der Waals surface area contributed by atoms with Crippen LogP contribution in [0, 0.1) is 0 Å². The quantitative estimate of drug-likeness (QED) is 0.247. The summed E-state index contributed by atoms with van der Waals surface area (Å²) in [7, 11) is 0. The first kappa shape index (κ1) is 27.0. The summed E-state index contributed by atoms with van der Waals surface area (Å²) in [4.78, 5) is 22.0. The van der Waals surface area contributed by atoms with Gasteiger partial charge in [-0.1, -0.05) is 60.1 Å². The Morgan fingerprint density at radius 1 is 1.08 bits per heavy atom. The van der Waals surface area contributed by atoms with Crippen molar-refractivity contribution in [2.75, 3.05) is 12.4 Å². The van der Waals surface area contributed by atoms with E-state index in [4.69, 9.17) is 16.3 Å². The van der Waals surface area contributed by atoms with E-state index in [0.29, 0.717) is 18.2 Å². The van der Waals surface area contributed by atoms with E-state index in [1.54, 1.807) is 17.0 Å². The number of aromatic hydroxyl groups is 2. The largest absolute Gasteiger partial charge is 0.493 e. The zero-order valence-electron chi connectivity index (χ0n) is 20.2. The molecule has 1 atom stereocenters. The molecule has 4 aromatic rings. The van der Waals surface area contributed by atoms with Crippen LogP contribution in [0.4, 0.5) is 13.2 Å². The van der Waals surface area contributed by atoms with Crippen molar-refractivity contribution < 1.29 is 32.9 Å². The molecule has 1 aliphatic rings. The van der Waals surface area contributed by atoms with Crippen LogP contribution in [-0.2, 0) is 24.1 Å². The molecular weight excluding hydrogens is 555 g/mol. The van der Waals surface area contributed by atoms with Gasteiger partial charge in [-0.3, -0.25) is 4.79 Å². The number of rotatable bonds is 8. The van der Waals surface area contributed by atoms with Crippen molar-refractivity contribution in [1.29, 1.82) is 0 Å². The summed E-state index contributed by atoms with van der Waals surface area (Å²) in [5.74, 6) is -0.928. The zero-order chi connectivity index (χ0) is 27.7. The number of halogens is 4. The molecule has 0 radical (unpaired) electrons. The maximum absolute atomic E-state index is 13.8. The van der Waals surface area contributed by atoms with Crippen LogP contribution in [0.15, 0.2) is 65.6 Å². The van der Waals surface area contributed by atoms with E-state index in [2.05, 4.69) is 9.97 Å². The predicted molar refractivity (Wildman–Crippen MR) is 140 cm³/mol. The van der Waals surface area contributed by atoms with Crippen LogP contribution in [0.1, 0.15) is 27.0 Å². The lowest BCUT2D eigenvalue weighted by molar-refractivity contribution is -0.137. The summed E-state index contributed by atoms with van der Waals surface area (Å²) in [6.45, 7) is 0.691. The van der Waals surface area contributed by atoms with Crippen LogP contribution in [0.3, 0.4) is 0 Å². The number of ether oxygens (including phenoxy) is 1. The minimum atomic E-state index is -4.82. The molecule has 1 aliphatic heterocycles. The van der Waals surface area contributed by atoms with Gasteiger partial charge in [0.15, 0.2) is 0 Å². The number of hydrogen-bond acceptors (Lipinski definition) is 7. The molecule has 0 bridgehead atoms. The highest BCUT2D eigenvalue weighted by Gasteiger charge is 2.37. The van der Waals surface area contributed by atoms with E-state index >= 15 is 0 Å². The normalized spacial score (nSPS) is 14.2. The average molecular weight is 576 g/mol. The molecule has 5 rings (SSSR count). The van der Waals surface area contributed by atoms with Crippen LogP contribution in [0.2, 0.25) is 5.02 Å². The molecular formula is C27H21ClF3N3O4S. The number of thioether (sulfide) groups is 1. The van der Waals surface area contributed by atoms with E-state index in [0.717, 1.165) is 22.9 Å². The van der Waals surface area contributed by atoms with Crippen molar-refractivity contribution in [2.24, 2.45) is 0 Å². The first-order valence-electron chi connectivity index (χ1n) is 11.8. The van der Waals surface area contributed by atoms with Crippen molar-refractivity contribution >= 4 is 40.2 Å². The molecule has 202 valence electrons. The van der Waals surface area contributed by atoms with Gasteiger partial charge in [0.1, 0.15) is 0 Å². The van der Waals surface area contributed by atoms with Gasteiger partial charge in [0.05, 0.1) is 45.6 Å². The third-order valence-corrected chi connectivity index (χ3v) is 8.03. The summed E-state index contributed by atoms with van der Waals surface area (Å²) in [5.41, 5.74) is 1.01. The van der Waals surface area contributed by atoms with E-state index in [1.165, 1.54) is 0 Å². The van der Waals surface area contributed by atoms with Crippen LogP contribution in [-0.4, -0.2) is 49.4 Å². The second-order valence-electron chi connectivity index (χ2n) is 8.86.